The summed E-state index contributed by atoms with van der Waals surface area (Å²) >= 11 is 5.95. The van der Waals surface area contributed by atoms with E-state index in [-0.39, 0.29) is 28.5 Å². The van der Waals surface area contributed by atoms with Gasteiger partial charge in [0.05, 0.1) is 5.02 Å². The molecule has 2 heterocycles. The van der Waals surface area contributed by atoms with E-state index < -0.39 is 47.9 Å². The van der Waals surface area contributed by atoms with Crippen molar-refractivity contribution >= 4 is 23.8 Å². The Hall–Kier alpha value is -3.25. The Balaban J connectivity index is 2.17. The summed E-state index contributed by atoms with van der Waals surface area (Å²) < 4.78 is 74.9. The van der Waals surface area contributed by atoms with Crippen molar-refractivity contribution in [3.05, 3.63) is 68.4 Å². The van der Waals surface area contributed by atoms with E-state index in [0.29, 0.717) is 11.6 Å². The Bertz CT molecular complexity index is 1270. The van der Waals surface area contributed by atoms with Crippen LogP contribution in [0.5, 0.6) is 5.88 Å². The molecule has 0 saturated heterocycles. The van der Waals surface area contributed by atoms with Gasteiger partial charge in [-0.2, -0.15) is 22.8 Å². The number of hydrogen-bond donors (Lipinski definition) is 1. The topological polar surface area (TPSA) is 82.2 Å². The minimum absolute atomic E-state index is 0.0145. The monoisotopic (exact) mass is 504 g/mol. The molecule has 0 bridgehead atoms. The number of aliphatic hydroxyl groups excluding tert-OH is 1. The lowest BCUT2D eigenvalue weighted by atomic mass is 10.1. The van der Waals surface area contributed by atoms with Gasteiger partial charge in [-0.15, -0.1) is 5.10 Å². The van der Waals surface area contributed by atoms with Gasteiger partial charge in [-0.3, -0.25) is 4.57 Å². The highest BCUT2D eigenvalue weighted by Gasteiger charge is 2.39. The van der Waals surface area contributed by atoms with Crippen LogP contribution >= 0.6 is 11.6 Å². The molecule has 1 aromatic carbocycles. The zero-order valence-electron chi connectivity index (χ0n) is 17.8. The van der Waals surface area contributed by atoms with E-state index in [0.717, 1.165) is 28.9 Å². The molecule has 0 spiro atoms. The van der Waals surface area contributed by atoms with E-state index in [9.17, 15) is 31.9 Å². The quantitative estimate of drug-likeness (QED) is 0.483. The molecule has 34 heavy (non-hydrogen) atoms. The number of aromatic nitrogens is 4. The van der Waals surface area contributed by atoms with Crippen LogP contribution < -0.4 is 10.4 Å². The predicted octanol–water partition coefficient (Wildman–Crippen LogP) is 4.37. The van der Waals surface area contributed by atoms with Crippen molar-refractivity contribution in [1.82, 2.24) is 19.3 Å². The maximum absolute atomic E-state index is 15.0. The average Bonchev–Trinajstić information content (AvgIpc) is 3.09. The van der Waals surface area contributed by atoms with Crippen molar-refractivity contribution in [3.8, 4) is 11.7 Å². The average molecular weight is 505 g/mol. The number of hydrogen-bond acceptors (Lipinski definition) is 5. The van der Waals surface area contributed by atoms with E-state index in [1.165, 1.54) is 12.1 Å². The maximum Gasteiger partial charge on any atom is 0.425 e. The normalized spacial score (nSPS) is 13.0. The van der Waals surface area contributed by atoms with Crippen LogP contribution in [-0.4, -0.2) is 36.7 Å². The molecule has 0 saturated carbocycles. The Labute approximate surface area is 194 Å². The summed E-state index contributed by atoms with van der Waals surface area (Å²) in [6, 6.07) is 4.64. The van der Waals surface area contributed by atoms with Crippen LogP contribution in [-0.2, 0) is 13.2 Å². The van der Waals surface area contributed by atoms with Crippen molar-refractivity contribution in [3.63, 3.8) is 0 Å². The summed E-state index contributed by atoms with van der Waals surface area (Å²) in [4.78, 5) is 16.3. The number of alkyl halides is 3. The molecule has 0 fully saturated rings. The van der Waals surface area contributed by atoms with E-state index >= 15 is 0 Å². The smallest absolute Gasteiger partial charge is 0.425 e. The van der Waals surface area contributed by atoms with Gasteiger partial charge in [0.1, 0.15) is 12.4 Å². The Morgan fingerprint density at radius 2 is 1.94 bits per heavy atom. The lowest BCUT2D eigenvalue weighted by molar-refractivity contribution is -0.190. The third-order valence-corrected chi connectivity index (χ3v) is 5.06. The fourth-order valence-corrected chi connectivity index (χ4v) is 3.15. The van der Waals surface area contributed by atoms with Crippen LogP contribution in [0.15, 0.2) is 29.1 Å². The minimum Gasteiger partial charge on any atom is -0.464 e. The van der Waals surface area contributed by atoms with Crippen molar-refractivity contribution in [2.45, 2.75) is 39.3 Å². The number of rotatable bonds is 7. The molecule has 3 aromatic rings. The van der Waals surface area contributed by atoms with Gasteiger partial charge in [-0.1, -0.05) is 17.7 Å². The Morgan fingerprint density at radius 3 is 2.50 bits per heavy atom. The number of benzene rings is 1. The largest absolute Gasteiger partial charge is 0.464 e. The Morgan fingerprint density at radius 1 is 1.24 bits per heavy atom. The first-order valence-corrected chi connectivity index (χ1v) is 10.2. The van der Waals surface area contributed by atoms with Crippen LogP contribution in [0.4, 0.5) is 22.0 Å². The third-order valence-electron chi connectivity index (χ3n) is 4.73. The van der Waals surface area contributed by atoms with Crippen molar-refractivity contribution in [2.75, 3.05) is 0 Å². The summed E-state index contributed by atoms with van der Waals surface area (Å²) in [6.45, 7) is 1.75. The zero-order valence-corrected chi connectivity index (χ0v) is 18.5. The molecule has 13 heteroatoms. The van der Waals surface area contributed by atoms with Gasteiger partial charge < -0.3 is 9.84 Å². The van der Waals surface area contributed by atoms with Crippen LogP contribution in [0, 0.1) is 11.6 Å². The maximum atomic E-state index is 15.0. The van der Waals surface area contributed by atoms with Gasteiger partial charge in [-0.05, 0) is 44.2 Å². The third kappa shape index (κ3) is 5.12. The van der Waals surface area contributed by atoms with E-state index in [1.54, 1.807) is 6.92 Å². The highest BCUT2D eigenvalue weighted by molar-refractivity contribution is 6.32. The molecule has 1 N–H and O–H groups in total. The first-order valence-electron chi connectivity index (χ1n) is 9.83. The minimum atomic E-state index is -4.78. The van der Waals surface area contributed by atoms with Gasteiger partial charge in [0.2, 0.25) is 5.88 Å². The number of aliphatic hydroxyl groups is 1. The highest BCUT2D eigenvalue weighted by Crippen LogP contribution is 2.30. The highest BCUT2D eigenvalue weighted by atomic mass is 35.5. The van der Waals surface area contributed by atoms with Gasteiger partial charge in [-0.25, -0.2) is 13.6 Å². The van der Waals surface area contributed by atoms with Crippen molar-refractivity contribution in [2.24, 2.45) is 0 Å². The molecule has 0 amide bonds. The van der Waals surface area contributed by atoms with E-state index in [2.05, 4.69) is 10.1 Å². The van der Waals surface area contributed by atoms with Gasteiger partial charge in [0.25, 0.3) is 0 Å². The summed E-state index contributed by atoms with van der Waals surface area (Å²) in [6.07, 6.45) is -4.92. The van der Waals surface area contributed by atoms with E-state index in [4.69, 9.17) is 16.3 Å². The number of nitrogens with zero attached hydrogens (tertiary/aromatic N) is 4. The van der Waals surface area contributed by atoms with Crippen LogP contribution in [0.1, 0.15) is 30.8 Å². The second-order valence-corrected chi connectivity index (χ2v) is 7.38. The molecular weight excluding hydrogens is 487 g/mol. The standard InChI is InChI=1S/C21H18ClF5N4O3/c1-3-30-17(10-32)29-31(20(30)33)18-16(24)9-12(19(28-18)34-11(2)21(25,26)27)7-8-13-14(22)5-4-6-15(13)23/h4-9,11,32H,3,10H2,1-2H3/b8-7+/t11-/m0/s1. The second kappa shape index (κ2) is 9.94. The fraction of sp³-hybridized carbons (Fsp3) is 0.286. The second-order valence-electron chi connectivity index (χ2n) is 6.97. The van der Waals surface area contributed by atoms with Crippen LogP contribution in [0.25, 0.3) is 18.0 Å². The van der Waals surface area contributed by atoms with Gasteiger partial charge in [0.15, 0.2) is 23.6 Å². The van der Waals surface area contributed by atoms with E-state index in [1.807, 2.05) is 0 Å². The molecule has 182 valence electrons. The lowest BCUT2D eigenvalue weighted by Gasteiger charge is -2.19. The zero-order chi connectivity index (χ0) is 25.2. The molecule has 0 radical (unpaired) electrons. The summed E-state index contributed by atoms with van der Waals surface area (Å²) in [7, 11) is 0. The molecule has 0 aliphatic rings. The molecule has 2 aromatic heterocycles. The SMILES string of the molecule is CCn1c(CO)nn(-c2nc(O[C@@H](C)C(F)(F)F)c(/C=C/c3c(F)cccc3Cl)cc2F)c1=O. The van der Waals surface area contributed by atoms with Crippen molar-refractivity contribution in [1.29, 1.82) is 0 Å². The summed E-state index contributed by atoms with van der Waals surface area (Å²) in [5.41, 5.74) is -1.23. The van der Waals surface area contributed by atoms with Crippen LogP contribution in [0.2, 0.25) is 5.02 Å². The molecule has 0 aliphatic heterocycles. The molecule has 7 nitrogen and oxygen atoms in total. The lowest BCUT2D eigenvalue weighted by Crippen LogP contribution is -2.32. The van der Waals surface area contributed by atoms with Crippen LogP contribution in [0.3, 0.4) is 0 Å². The summed E-state index contributed by atoms with van der Waals surface area (Å²) in [5.74, 6) is -3.37. The Kier molecular flexibility index (Phi) is 7.41. The molecule has 3 rings (SSSR count). The number of ether oxygens (including phenoxy) is 1. The van der Waals surface area contributed by atoms with Gasteiger partial charge in [0, 0.05) is 17.7 Å². The van der Waals surface area contributed by atoms with Gasteiger partial charge >= 0.3 is 11.9 Å². The number of pyridine rings is 1. The molecule has 0 aliphatic carbocycles. The first kappa shape index (κ1) is 25.4. The number of halogens is 6. The molecule has 1 atom stereocenters. The summed E-state index contributed by atoms with van der Waals surface area (Å²) in [5, 5.41) is 13.2. The van der Waals surface area contributed by atoms with Crippen molar-refractivity contribution < 1.29 is 31.8 Å². The first-order chi connectivity index (χ1) is 16.0. The fourth-order valence-electron chi connectivity index (χ4n) is 2.93. The molecule has 0 unspecified atom stereocenters. The predicted molar refractivity (Wildman–Crippen MR) is 114 cm³/mol. The molecular formula is C21H18ClF5N4O3.